The van der Waals surface area contributed by atoms with Crippen molar-refractivity contribution in [3.63, 3.8) is 0 Å². The molecule has 0 aliphatic rings. The number of hydrogen-bond donors (Lipinski definition) is 2. The normalized spacial score (nSPS) is 9.62. The zero-order valence-corrected chi connectivity index (χ0v) is 8.93. The number of ether oxygens (including phenoxy) is 1. The van der Waals surface area contributed by atoms with Gasteiger partial charge in [0.25, 0.3) is 0 Å². The summed E-state index contributed by atoms with van der Waals surface area (Å²) in [6.45, 7) is 0. The van der Waals surface area contributed by atoms with Gasteiger partial charge in [-0.2, -0.15) is 0 Å². The third-order valence-corrected chi connectivity index (χ3v) is 2.08. The van der Waals surface area contributed by atoms with E-state index in [0.717, 1.165) is 0 Å². The summed E-state index contributed by atoms with van der Waals surface area (Å²) in [5.41, 5.74) is 6.31. The maximum atomic E-state index is 11.2. The topological polar surface area (TPSA) is 92.9 Å². The summed E-state index contributed by atoms with van der Waals surface area (Å²) < 4.78 is 4.51. The van der Waals surface area contributed by atoms with Crippen molar-refractivity contribution >= 4 is 23.4 Å². The van der Waals surface area contributed by atoms with Crippen LogP contribution in [0.5, 0.6) is 0 Å². The molecule has 0 saturated carbocycles. The van der Waals surface area contributed by atoms with E-state index in [2.05, 4.69) is 4.74 Å². The highest BCUT2D eigenvalue weighted by atomic mass is 16.5. The molecule has 6 nitrogen and oxygen atoms in total. The summed E-state index contributed by atoms with van der Waals surface area (Å²) >= 11 is 0. The van der Waals surface area contributed by atoms with Crippen LogP contribution in [-0.4, -0.2) is 31.3 Å². The van der Waals surface area contributed by atoms with Crippen LogP contribution in [0, 0.1) is 0 Å². The second-order valence-corrected chi connectivity index (χ2v) is 3.11. The van der Waals surface area contributed by atoms with Crippen LogP contribution in [0.2, 0.25) is 0 Å². The lowest BCUT2D eigenvalue weighted by Gasteiger charge is -2.17. The molecule has 0 saturated heterocycles. The monoisotopic (exact) mass is 224 g/mol. The second kappa shape index (κ2) is 4.52. The van der Waals surface area contributed by atoms with E-state index in [0.29, 0.717) is 5.69 Å². The smallest absolute Gasteiger partial charge is 0.413 e. The Balaban J connectivity index is 3.08. The molecule has 0 aliphatic carbocycles. The lowest BCUT2D eigenvalue weighted by molar-refractivity contribution is 0.0697. The van der Waals surface area contributed by atoms with Crippen LogP contribution in [0.3, 0.4) is 0 Å². The average molecular weight is 224 g/mol. The fraction of sp³-hybridized carbons (Fsp3) is 0.200. The van der Waals surface area contributed by atoms with Gasteiger partial charge in [-0.05, 0) is 18.2 Å². The molecule has 1 amide bonds. The maximum absolute atomic E-state index is 11.2. The number of nitrogen functional groups attached to an aromatic ring is 1. The molecule has 16 heavy (non-hydrogen) atoms. The van der Waals surface area contributed by atoms with Gasteiger partial charge in [0.05, 0.1) is 24.0 Å². The van der Waals surface area contributed by atoms with Gasteiger partial charge in [0.15, 0.2) is 0 Å². The maximum Gasteiger partial charge on any atom is 0.413 e. The molecular formula is C10H12N2O4. The molecule has 0 atom stereocenters. The van der Waals surface area contributed by atoms with E-state index < -0.39 is 12.1 Å². The Hall–Kier alpha value is -2.24. The number of carboxylic acid groups (broad SMARTS) is 1. The lowest BCUT2D eigenvalue weighted by atomic mass is 10.1. The molecule has 1 aromatic carbocycles. The van der Waals surface area contributed by atoms with Gasteiger partial charge in [0, 0.05) is 7.05 Å². The highest BCUT2D eigenvalue weighted by molar-refractivity contribution is 5.94. The number of carboxylic acids is 1. The molecule has 0 bridgehead atoms. The summed E-state index contributed by atoms with van der Waals surface area (Å²) in [6.07, 6.45) is -0.574. The Morgan fingerprint density at radius 3 is 2.50 bits per heavy atom. The van der Waals surface area contributed by atoms with Crippen molar-refractivity contribution in [3.05, 3.63) is 23.8 Å². The molecule has 0 radical (unpaired) electrons. The minimum absolute atomic E-state index is 0.0690. The number of nitrogens with two attached hydrogens (primary N) is 1. The zero-order chi connectivity index (χ0) is 12.3. The van der Waals surface area contributed by atoms with Crippen molar-refractivity contribution in [1.29, 1.82) is 0 Å². The van der Waals surface area contributed by atoms with Crippen LogP contribution >= 0.6 is 0 Å². The first kappa shape index (κ1) is 11.8. The van der Waals surface area contributed by atoms with Gasteiger partial charge >= 0.3 is 12.1 Å². The largest absolute Gasteiger partial charge is 0.478 e. The van der Waals surface area contributed by atoms with Crippen molar-refractivity contribution in [2.45, 2.75) is 0 Å². The van der Waals surface area contributed by atoms with Crippen LogP contribution in [0.4, 0.5) is 16.2 Å². The number of benzene rings is 1. The quantitative estimate of drug-likeness (QED) is 0.735. The molecule has 1 rings (SSSR count). The van der Waals surface area contributed by atoms with E-state index in [9.17, 15) is 9.59 Å². The molecular weight excluding hydrogens is 212 g/mol. The Morgan fingerprint density at radius 2 is 2.06 bits per heavy atom. The summed E-state index contributed by atoms with van der Waals surface area (Å²) in [7, 11) is 2.73. The first-order valence-electron chi connectivity index (χ1n) is 4.42. The molecule has 3 N–H and O–H groups in total. The number of rotatable bonds is 2. The summed E-state index contributed by atoms with van der Waals surface area (Å²) in [5, 5.41) is 8.73. The van der Waals surface area contributed by atoms with Crippen molar-refractivity contribution in [2.24, 2.45) is 0 Å². The van der Waals surface area contributed by atoms with Gasteiger partial charge in [-0.3, -0.25) is 4.90 Å². The standard InChI is InChI=1S/C10H12N2O4/c1-12(10(15)16-2)8-4-3-6(9(13)14)5-7(8)11/h3-5H,11H2,1-2H3,(H,13,14). The Kier molecular flexibility index (Phi) is 3.34. The van der Waals surface area contributed by atoms with Crippen LogP contribution in [0.15, 0.2) is 18.2 Å². The van der Waals surface area contributed by atoms with Crippen LogP contribution in [0.25, 0.3) is 0 Å². The average Bonchev–Trinajstić information content (AvgIpc) is 2.26. The third-order valence-electron chi connectivity index (χ3n) is 2.08. The van der Waals surface area contributed by atoms with Gasteiger partial charge in [-0.25, -0.2) is 9.59 Å². The number of amides is 1. The van der Waals surface area contributed by atoms with Gasteiger partial charge in [-0.1, -0.05) is 0 Å². The first-order chi connectivity index (χ1) is 7.47. The molecule has 0 unspecified atom stereocenters. The van der Waals surface area contributed by atoms with Gasteiger partial charge in [0.2, 0.25) is 0 Å². The zero-order valence-electron chi connectivity index (χ0n) is 8.93. The minimum Gasteiger partial charge on any atom is -0.478 e. The first-order valence-corrected chi connectivity index (χ1v) is 4.42. The fourth-order valence-electron chi connectivity index (χ4n) is 1.23. The summed E-state index contributed by atoms with van der Waals surface area (Å²) in [4.78, 5) is 23.1. The SMILES string of the molecule is COC(=O)N(C)c1ccc(C(=O)O)cc1N. The minimum atomic E-state index is -1.07. The number of hydrogen-bond acceptors (Lipinski definition) is 4. The second-order valence-electron chi connectivity index (χ2n) is 3.11. The molecule has 0 aromatic heterocycles. The van der Waals surface area contributed by atoms with E-state index in [1.165, 1.54) is 37.3 Å². The van der Waals surface area contributed by atoms with E-state index in [1.54, 1.807) is 0 Å². The summed E-state index contributed by atoms with van der Waals surface area (Å²) in [6, 6.07) is 4.11. The number of aromatic carboxylic acids is 1. The van der Waals surface area contributed by atoms with E-state index in [1.807, 2.05) is 0 Å². The molecule has 0 aliphatic heterocycles. The highest BCUT2D eigenvalue weighted by Crippen LogP contribution is 2.23. The fourth-order valence-corrected chi connectivity index (χ4v) is 1.23. The predicted octanol–water partition coefficient (Wildman–Crippen LogP) is 1.17. The predicted molar refractivity (Wildman–Crippen MR) is 58.6 cm³/mol. The van der Waals surface area contributed by atoms with E-state index in [4.69, 9.17) is 10.8 Å². The number of methoxy groups -OCH3 is 1. The number of carbonyl (C=O) groups excluding carboxylic acids is 1. The molecule has 0 fully saturated rings. The van der Waals surface area contributed by atoms with Crippen LogP contribution in [0.1, 0.15) is 10.4 Å². The van der Waals surface area contributed by atoms with E-state index in [-0.39, 0.29) is 11.3 Å². The Labute approximate surface area is 92.2 Å². The molecule has 6 heteroatoms. The molecule has 0 heterocycles. The third kappa shape index (κ3) is 2.22. The van der Waals surface area contributed by atoms with Crippen LogP contribution < -0.4 is 10.6 Å². The molecule has 0 spiro atoms. The van der Waals surface area contributed by atoms with Gasteiger partial charge in [-0.15, -0.1) is 0 Å². The van der Waals surface area contributed by atoms with Gasteiger partial charge < -0.3 is 15.6 Å². The number of anilines is 2. The highest BCUT2D eigenvalue weighted by Gasteiger charge is 2.14. The van der Waals surface area contributed by atoms with Crippen LogP contribution in [-0.2, 0) is 4.74 Å². The van der Waals surface area contributed by atoms with Crippen molar-refractivity contribution in [2.75, 3.05) is 24.8 Å². The Bertz CT molecular complexity index is 431. The van der Waals surface area contributed by atoms with Gasteiger partial charge in [0.1, 0.15) is 0 Å². The van der Waals surface area contributed by atoms with Crippen molar-refractivity contribution < 1.29 is 19.4 Å². The summed E-state index contributed by atoms with van der Waals surface area (Å²) in [5.74, 6) is -1.07. The van der Waals surface area contributed by atoms with Crippen molar-refractivity contribution in [1.82, 2.24) is 0 Å². The molecule has 1 aromatic rings. The lowest BCUT2D eigenvalue weighted by Crippen LogP contribution is -2.26. The van der Waals surface area contributed by atoms with E-state index >= 15 is 0 Å². The van der Waals surface area contributed by atoms with Crippen molar-refractivity contribution in [3.8, 4) is 0 Å². The Morgan fingerprint density at radius 1 is 1.44 bits per heavy atom. The number of carbonyl (C=O) groups is 2. The number of nitrogens with zero attached hydrogens (tertiary/aromatic N) is 1. The molecule has 86 valence electrons.